The van der Waals surface area contributed by atoms with Crippen molar-refractivity contribution in [3.05, 3.63) is 47.2 Å². The fraction of sp³-hybridized carbons (Fsp3) is 0.353. The quantitative estimate of drug-likeness (QED) is 0.436. The van der Waals surface area contributed by atoms with Crippen LogP contribution < -0.4 is 5.32 Å². The van der Waals surface area contributed by atoms with Crippen molar-refractivity contribution in [1.29, 1.82) is 0 Å². The molecular weight excluding hydrogens is 404 g/mol. The molecule has 0 saturated carbocycles. The third-order valence-electron chi connectivity index (χ3n) is 4.20. The summed E-state index contributed by atoms with van der Waals surface area (Å²) in [6, 6.07) is 4.23. The summed E-state index contributed by atoms with van der Waals surface area (Å²) >= 11 is 0. The molecule has 2 aromatic rings. The topological polar surface area (TPSA) is 73.4 Å². The van der Waals surface area contributed by atoms with Crippen molar-refractivity contribution in [3.8, 4) is 0 Å². The number of guanidine groups is 1. The molecule has 2 N–H and O–H groups in total. The maximum absolute atomic E-state index is 12.7. The number of anilines is 1. The number of amides is 1. The predicted octanol–water partition coefficient (Wildman–Crippen LogP) is 4.15. The Morgan fingerprint density at radius 2 is 1.66 bits per heavy atom. The molecule has 156 valence electrons. The second-order valence-corrected chi connectivity index (χ2v) is 6.30. The summed E-state index contributed by atoms with van der Waals surface area (Å²) in [6.45, 7) is 1.03. The van der Waals surface area contributed by atoms with Gasteiger partial charge in [0.25, 0.3) is 5.91 Å². The van der Waals surface area contributed by atoms with Crippen LogP contribution in [-0.4, -0.2) is 40.1 Å². The molecule has 1 aliphatic rings. The van der Waals surface area contributed by atoms with Crippen molar-refractivity contribution < 1.29 is 31.1 Å². The summed E-state index contributed by atoms with van der Waals surface area (Å²) in [5, 5.41) is 7.94. The van der Waals surface area contributed by atoms with Gasteiger partial charge >= 0.3 is 12.4 Å². The fourth-order valence-corrected chi connectivity index (χ4v) is 2.71. The van der Waals surface area contributed by atoms with E-state index in [0.717, 1.165) is 43.2 Å². The molecule has 1 aromatic carbocycles. The maximum atomic E-state index is 12.7. The molecule has 1 aliphatic heterocycles. The van der Waals surface area contributed by atoms with Crippen molar-refractivity contribution in [2.24, 2.45) is 4.99 Å². The molecule has 0 aliphatic carbocycles. The molecule has 2 heterocycles. The third kappa shape index (κ3) is 5.06. The first-order valence-electron chi connectivity index (χ1n) is 8.49. The molecule has 0 atom stereocenters. The number of halogens is 6. The van der Waals surface area contributed by atoms with Gasteiger partial charge in [0.2, 0.25) is 5.96 Å². The van der Waals surface area contributed by atoms with Crippen LogP contribution in [0.15, 0.2) is 35.3 Å². The lowest BCUT2D eigenvalue weighted by Gasteiger charge is -2.19. The molecular formula is C17H15F6N5O. The Labute approximate surface area is 160 Å². The first-order valence-corrected chi connectivity index (χ1v) is 8.49. The van der Waals surface area contributed by atoms with Gasteiger partial charge in [-0.2, -0.15) is 36.4 Å². The van der Waals surface area contributed by atoms with Gasteiger partial charge in [-0.15, -0.1) is 0 Å². The molecule has 1 saturated heterocycles. The van der Waals surface area contributed by atoms with Crippen LogP contribution >= 0.6 is 0 Å². The molecule has 0 spiro atoms. The number of rotatable bonds is 2. The highest BCUT2D eigenvalue weighted by Gasteiger charge is 2.33. The SMILES string of the molecule is O=C(/N=C(\Nc1cc(C(F)(F)F)[nH]n1)N1CCCC1)c1ccc(C(F)(F)F)cc1. The van der Waals surface area contributed by atoms with E-state index in [2.05, 4.69) is 15.4 Å². The molecule has 12 heteroatoms. The van der Waals surface area contributed by atoms with Crippen LogP contribution in [0.4, 0.5) is 32.2 Å². The van der Waals surface area contributed by atoms with Crippen LogP contribution in [-0.2, 0) is 12.4 Å². The van der Waals surface area contributed by atoms with E-state index in [4.69, 9.17) is 0 Å². The number of likely N-dealkylation sites (tertiary alicyclic amines) is 1. The van der Waals surface area contributed by atoms with Gasteiger partial charge in [0.15, 0.2) is 5.82 Å². The molecule has 6 nitrogen and oxygen atoms in total. The first kappa shape index (κ1) is 20.7. The van der Waals surface area contributed by atoms with Crippen LogP contribution in [0.3, 0.4) is 0 Å². The Hall–Kier alpha value is -3.05. The van der Waals surface area contributed by atoms with Gasteiger partial charge in [0.05, 0.1) is 5.56 Å². The highest BCUT2D eigenvalue weighted by atomic mass is 19.4. The third-order valence-corrected chi connectivity index (χ3v) is 4.20. The van der Waals surface area contributed by atoms with Crippen molar-refractivity contribution in [2.75, 3.05) is 18.4 Å². The Bertz CT molecular complexity index is 894. The smallest absolute Gasteiger partial charge is 0.342 e. The van der Waals surface area contributed by atoms with Crippen LogP contribution in [0.1, 0.15) is 34.5 Å². The van der Waals surface area contributed by atoms with E-state index in [1.807, 2.05) is 5.10 Å². The number of nitrogens with one attached hydrogen (secondary N) is 2. The summed E-state index contributed by atoms with van der Waals surface area (Å²) in [6.07, 6.45) is -7.57. The number of hydrogen-bond acceptors (Lipinski definition) is 2. The van der Waals surface area contributed by atoms with E-state index >= 15 is 0 Å². The zero-order valence-electron chi connectivity index (χ0n) is 14.7. The Balaban J connectivity index is 1.83. The van der Waals surface area contributed by atoms with Crippen molar-refractivity contribution in [3.63, 3.8) is 0 Å². The normalized spacial score (nSPS) is 15.7. The number of aromatic nitrogens is 2. The largest absolute Gasteiger partial charge is 0.432 e. The lowest BCUT2D eigenvalue weighted by atomic mass is 10.1. The highest BCUT2D eigenvalue weighted by molar-refractivity contribution is 6.06. The number of carbonyl (C=O) groups excluding carboxylic acids is 1. The summed E-state index contributed by atoms with van der Waals surface area (Å²) < 4.78 is 76.1. The molecule has 1 fully saturated rings. The Morgan fingerprint density at radius 1 is 1.03 bits per heavy atom. The number of nitrogens with zero attached hydrogens (tertiary/aromatic N) is 3. The number of H-pyrrole nitrogens is 1. The van der Waals surface area contributed by atoms with E-state index in [0.29, 0.717) is 13.1 Å². The molecule has 0 bridgehead atoms. The minimum absolute atomic E-state index is 0.0207. The van der Waals surface area contributed by atoms with E-state index in [9.17, 15) is 31.1 Å². The number of alkyl halides is 6. The van der Waals surface area contributed by atoms with Crippen LogP contribution in [0, 0.1) is 0 Å². The molecule has 3 rings (SSSR count). The van der Waals surface area contributed by atoms with Crippen molar-refractivity contribution >= 4 is 17.7 Å². The molecule has 1 aromatic heterocycles. The van der Waals surface area contributed by atoms with E-state index in [1.165, 1.54) is 0 Å². The van der Waals surface area contributed by atoms with Crippen LogP contribution in [0.2, 0.25) is 0 Å². The van der Waals surface area contributed by atoms with E-state index in [-0.39, 0.29) is 17.3 Å². The van der Waals surface area contributed by atoms with Crippen LogP contribution in [0.5, 0.6) is 0 Å². The molecule has 0 unspecified atom stereocenters. The lowest BCUT2D eigenvalue weighted by molar-refractivity contribution is -0.141. The van der Waals surface area contributed by atoms with Gasteiger partial charge in [0, 0.05) is 24.7 Å². The monoisotopic (exact) mass is 419 g/mol. The number of aliphatic imine (C=N–C) groups is 1. The van der Waals surface area contributed by atoms with Crippen LogP contribution in [0.25, 0.3) is 0 Å². The lowest BCUT2D eigenvalue weighted by Crippen LogP contribution is -2.35. The van der Waals surface area contributed by atoms with Crippen molar-refractivity contribution in [1.82, 2.24) is 15.1 Å². The number of carbonyl (C=O) groups is 1. The summed E-state index contributed by atoms with van der Waals surface area (Å²) in [5.74, 6) is -1.05. The first-order chi connectivity index (χ1) is 13.5. The van der Waals surface area contributed by atoms with E-state index in [1.54, 1.807) is 4.90 Å². The Morgan fingerprint density at radius 3 is 2.17 bits per heavy atom. The average molecular weight is 419 g/mol. The van der Waals surface area contributed by atoms with Gasteiger partial charge in [-0.05, 0) is 37.1 Å². The van der Waals surface area contributed by atoms with E-state index < -0.39 is 29.5 Å². The number of benzene rings is 1. The zero-order chi connectivity index (χ0) is 21.2. The fourth-order valence-electron chi connectivity index (χ4n) is 2.71. The summed E-state index contributed by atoms with van der Waals surface area (Å²) in [5.41, 5.74) is -2.07. The minimum Gasteiger partial charge on any atom is -0.342 e. The number of aromatic amines is 1. The highest BCUT2D eigenvalue weighted by Crippen LogP contribution is 2.30. The molecule has 29 heavy (non-hydrogen) atoms. The predicted molar refractivity (Wildman–Crippen MR) is 91.2 cm³/mol. The maximum Gasteiger partial charge on any atom is 0.432 e. The zero-order valence-corrected chi connectivity index (χ0v) is 14.7. The molecule has 1 amide bonds. The van der Waals surface area contributed by atoms with Gasteiger partial charge < -0.3 is 10.2 Å². The van der Waals surface area contributed by atoms with Gasteiger partial charge in [-0.25, -0.2) is 0 Å². The molecule has 0 radical (unpaired) electrons. The second kappa shape index (κ2) is 7.76. The number of hydrogen-bond donors (Lipinski definition) is 2. The standard InChI is InChI=1S/C17H15F6N5O/c18-16(19,20)11-5-3-10(4-6-11)14(29)25-15(28-7-1-2-8-28)24-13-9-12(26-27-13)17(21,22)23/h3-6,9H,1-2,7-8H2,(H2,24,25,26,27,29). The summed E-state index contributed by atoms with van der Waals surface area (Å²) in [7, 11) is 0. The minimum atomic E-state index is -4.62. The van der Waals surface area contributed by atoms with Gasteiger partial charge in [-0.3, -0.25) is 9.89 Å². The summed E-state index contributed by atoms with van der Waals surface area (Å²) in [4.78, 5) is 17.9. The van der Waals surface area contributed by atoms with Gasteiger partial charge in [-0.1, -0.05) is 0 Å². The second-order valence-electron chi connectivity index (χ2n) is 6.30. The average Bonchev–Trinajstić information content (AvgIpc) is 3.32. The van der Waals surface area contributed by atoms with Gasteiger partial charge in [0.1, 0.15) is 5.69 Å². The van der Waals surface area contributed by atoms with Crippen molar-refractivity contribution in [2.45, 2.75) is 25.2 Å². The Kier molecular flexibility index (Phi) is 5.53.